The molecule has 1 unspecified atom stereocenters. The molecule has 0 radical (unpaired) electrons. The molecule has 0 aliphatic rings. The maximum atomic E-state index is 11.6. The van der Waals surface area contributed by atoms with Gasteiger partial charge in [-0.3, -0.25) is 9.36 Å². The minimum atomic E-state index is -4.43. The van der Waals surface area contributed by atoms with Crippen molar-refractivity contribution in [3.63, 3.8) is 0 Å². The van der Waals surface area contributed by atoms with Crippen LogP contribution in [0.4, 0.5) is 0 Å². The molecule has 3 N–H and O–H groups in total. The lowest BCUT2D eigenvalue weighted by Crippen LogP contribution is -2.46. The van der Waals surface area contributed by atoms with E-state index in [1.54, 1.807) is 20.0 Å². The monoisotopic (exact) mass is 379 g/mol. The van der Waals surface area contributed by atoms with Gasteiger partial charge >= 0.3 is 13.6 Å². The summed E-state index contributed by atoms with van der Waals surface area (Å²) in [5, 5.41) is 10.2. The summed E-state index contributed by atoms with van der Waals surface area (Å²) in [4.78, 5) is 34.2. The van der Waals surface area contributed by atoms with E-state index in [0.717, 1.165) is 5.03 Å². The van der Waals surface area contributed by atoms with Gasteiger partial charge in [0.15, 0.2) is 0 Å². The second-order valence-electron chi connectivity index (χ2n) is 6.30. The molecular weight excluding hydrogens is 357 g/mol. The Kier molecular flexibility index (Phi) is 6.75. The third kappa shape index (κ3) is 5.80. The summed E-state index contributed by atoms with van der Waals surface area (Å²) in [6, 6.07) is 5.53. The number of carbonyl (C=O) groups is 1. The van der Waals surface area contributed by atoms with E-state index in [9.17, 15) is 24.3 Å². The number of nitrogens with zero attached hydrogens (tertiary/aromatic N) is 1. The van der Waals surface area contributed by atoms with Gasteiger partial charge in [0.05, 0.1) is 12.1 Å². The van der Waals surface area contributed by atoms with Gasteiger partial charge in [-0.2, -0.15) is 0 Å². The zero-order valence-electron chi connectivity index (χ0n) is 13.5. The highest BCUT2D eigenvalue weighted by atomic mass is 33.1. The minimum Gasteiger partial charge on any atom is -0.481 e. The summed E-state index contributed by atoms with van der Waals surface area (Å²) in [5.74, 6) is -2.36. The van der Waals surface area contributed by atoms with E-state index in [2.05, 4.69) is 4.98 Å². The van der Waals surface area contributed by atoms with Gasteiger partial charge in [0.1, 0.15) is 5.03 Å². The van der Waals surface area contributed by atoms with Crippen LogP contribution in [0.25, 0.3) is 0 Å². The molecule has 1 heterocycles. The Balaban J connectivity index is 2.96. The van der Waals surface area contributed by atoms with Gasteiger partial charge in [-0.1, -0.05) is 30.7 Å². The van der Waals surface area contributed by atoms with Crippen molar-refractivity contribution in [1.82, 2.24) is 4.98 Å². The first-order chi connectivity index (χ1) is 10.4. The van der Waals surface area contributed by atoms with Crippen molar-refractivity contribution < 1.29 is 24.3 Å². The van der Waals surface area contributed by atoms with Crippen LogP contribution in [0.3, 0.4) is 0 Å². The number of carboxylic acids is 1. The van der Waals surface area contributed by atoms with Gasteiger partial charge in [0.2, 0.25) is 0 Å². The van der Waals surface area contributed by atoms with Gasteiger partial charge in [-0.05, 0) is 42.2 Å². The first-order valence-corrected chi connectivity index (χ1v) is 10.9. The number of carboxylic acid groups (broad SMARTS) is 1. The van der Waals surface area contributed by atoms with Crippen LogP contribution in [0.15, 0.2) is 29.4 Å². The SMILES string of the molecule is CC(C)(SSc1ccccn1)C(C)(C)C(CP(=O)(O)O)C(=O)O. The van der Waals surface area contributed by atoms with Crippen LogP contribution in [0.1, 0.15) is 27.7 Å². The molecule has 0 amide bonds. The van der Waals surface area contributed by atoms with E-state index in [1.165, 1.54) is 21.6 Å². The Hall–Kier alpha value is -0.530. The largest absolute Gasteiger partial charge is 0.481 e. The van der Waals surface area contributed by atoms with E-state index in [0.29, 0.717) is 0 Å². The molecule has 0 aliphatic carbocycles. The van der Waals surface area contributed by atoms with Crippen molar-refractivity contribution in [3.8, 4) is 0 Å². The van der Waals surface area contributed by atoms with Crippen LogP contribution in [0, 0.1) is 11.3 Å². The molecule has 0 aromatic carbocycles. The first kappa shape index (κ1) is 20.5. The molecule has 0 aliphatic heterocycles. The molecule has 0 saturated heterocycles. The van der Waals surface area contributed by atoms with E-state index in [1.807, 2.05) is 32.0 Å². The summed E-state index contributed by atoms with van der Waals surface area (Å²) in [5.41, 5.74) is -0.855. The normalized spacial score (nSPS) is 14.5. The fraction of sp³-hybridized carbons (Fsp3) is 0.571. The number of hydrogen-bond acceptors (Lipinski definition) is 5. The van der Waals surface area contributed by atoms with Crippen LogP contribution < -0.4 is 0 Å². The van der Waals surface area contributed by atoms with Crippen molar-refractivity contribution in [2.75, 3.05) is 6.16 Å². The lowest BCUT2D eigenvalue weighted by molar-refractivity contribution is -0.145. The van der Waals surface area contributed by atoms with Gasteiger partial charge in [-0.25, -0.2) is 4.98 Å². The molecule has 23 heavy (non-hydrogen) atoms. The predicted octanol–water partition coefficient (Wildman–Crippen LogP) is 3.51. The van der Waals surface area contributed by atoms with Crippen molar-refractivity contribution in [2.45, 2.75) is 37.5 Å². The summed E-state index contributed by atoms with van der Waals surface area (Å²) in [7, 11) is -1.56. The Morgan fingerprint density at radius 3 is 2.35 bits per heavy atom. The third-order valence-electron chi connectivity index (χ3n) is 4.11. The van der Waals surface area contributed by atoms with Crippen LogP contribution in [0.5, 0.6) is 0 Å². The van der Waals surface area contributed by atoms with Gasteiger partial charge in [0, 0.05) is 10.9 Å². The summed E-state index contributed by atoms with van der Waals surface area (Å²) in [6.45, 7) is 7.22. The van der Waals surface area contributed by atoms with Crippen molar-refractivity contribution in [3.05, 3.63) is 24.4 Å². The Morgan fingerprint density at radius 2 is 1.91 bits per heavy atom. The van der Waals surface area contributed by atoms with E-state index in [-0.39, 0.29) is 0 Å². The number of hydrogen-bond donors (Lipinski definition) is 3. The Labute approximate surface area is 144 Å². The topological polar surface area (TPSA) is 108 Å². The summed E-state index contributed by atoms with van der Waals surface area (Å²) >= 11 is 0. The Bertz CT molecular complexity index is 588. The molecule has 9 heteroatoms. The second-order valence-corrected chi connectivity index (χ2v) is 10.8. The molecule has 6 nitrogen and oxygen atoms in total. The number of rotatable bonds is 8. The fourth-order valence-electron chi connectivity index (χ4n) is 1.92. The molecule has 1 rings (SSSR count). The van der Waals surface area contributed by atoms with Crippen LogP contribution in [-0.4, -0.2) is 36.8 Å². The van der Waals surface area contributed by atoms with Crippen molar-refractivity contribution >= 4 is 35.2 Å². The highest BCUT2D eigenvalue weighted by Crippen LogP contribution is 2.55. The quantitative estimate of drug-likeness (QED) is 0.465. The fourth-order valence-corrected chi connectivity index (χ4v) is 5.72. The number of pyridine rings is 1. The average Bonchev–Trinajstić information content (AvgIpc) is 2.42. The molecule has 1 aromatic heterocycles. The smallest absolute Gasteiger partial charge is 0.326 e. The molecule has 0 spiro atoms. The zero-order valence-corrected chi connectivity index (χ0v) is 16.0. The first-order valence-electron chi connectivity index (χ1n) is 6.91. The van der Waals surface area contributed by atoms with Crippen molar-refractivity contribution in [1.29, 1.82) is 0 Å². The molecule has 0 saturated carbocycles. The summed E-state index contributed by atoms with van der Waals surface area (Å²) < 4.78 is 10.7. The van der Waals surface area contributed by atoms with E-state index in [4.69, 9.17) is 0 Å². The second kappa shape index (κ2) is 7.57. The van der Waals surface area contributed by atoms with Crippen LogP contribution >= 0.6 is 29.2 Å². The van der Waals surface area contributed by atoms with Crippen LogP contribution in [-0.2, 0) is 9.36 Å². The van der Waals surface area contributed by atoms with E-state index >= 15 is 0 Å². The van der Waals surface area contributed by atoms with Crippen LogP contribution in [0.2, 0.25) is 0 Å². The summed E-state index contributed by atoms with van der Waals surface area (Å²) in [6.07, 6.45) is 1.00. The highest BCUT2D eigenvalue weighted by Gasteiger charge is 2.49. The molecule has 1 aromatic rings. The predicted molar refractivity (Wildman–Crippen MR) is 93.6 cm³/mol. The maximum absolute atomic E-state index is 11.6. The van der Waals surface area contributed by atoms with Gasteiger partial charge in [0.25, 0.3) is 0 Å². The molecular formula is C14H22NO5PS2. The Morgan fingerprint density at radius 1 is 1.30 bits per heavy atom. The van der Waals surface area contributed by atoms with Crippen molar-refractivity contribution in [2.24, 2.45) is 11.3 Å². The van der Waals surface area contributed by atoms with E-state index < -0.39 is 35.8 Å². The molecule has 1 atom stereocenters. The van der Waals surface area contributed by atoms with Gasteiger partial charge < -0.3 is 14.9 Å². The average molecular weight is 379 g/mol. The lowest BCUT2D eigenvalue weighted by Gasteiger charge is -2.44. The number of aromatic nitrogens is 1. The molecule has 0 bridgehead atoms. The molecule has 0 fully saturated rings. The lowest BCUT2D eigenvalue weighted by atomic mass is 9.71. The van der Waals surface area contributed by atoms with Gasteiger partial charge in [-0.15, -0.1) is 0 Å². The molecule has 130 valence electrons. The number of aliphatic carboxylic acids is 1. The third-order valence-corrected chi connectivity index (χ3v) is 8.41. The zero-order chi connectivity index (χ0) is 17.9. The maximum Gasteiger partial charge on any atom is 0.326 e. The highest BCUT2D eigenvalue weighted by molar-refractivity contribution is 8.77. The minimum absolute atomic E-state index is 0.562. The standard InChI is InChI=1S/C14H22NO5PS2/c1-13(2,10(12(16)17)9-21(18,19)20)14(3,4)23-22-11-7-5-6-8-15-11/h5-8,10H,9H2,1-4H3,(H,16,17)(H2,18,19,20).